The van der Waals surface area contributed by atoms with Gasteiger partial charge in [-0.3, -0.25) is 9.59 Å². The molecular formula is C20H27N3O4. The third-order valence-electron chi connectivity index (χ3n) is 5.46. The standard InChI is InChI=1S/C20H27N3O4/c24-18-13-16(19(25)26)14-23(18)17-8-11-22(12-9-17)20(27)21-10-4-7-15-5-2-1-3-6-15/h1-3,5-6,16-17H,4,7-14H2,(H,21,27)(H,25,26). The third kappa shape index (κ3) is 4.99. The molecule has 0 aromatic heterocycles. The summed E-state index contributed by atoms with van der Waals surface area (Å²) in [4.78, 5) is 38.9. The van der Waals surface area contributed by atoms with Crippen molar-refractivity contribution < 1.29 is 19.5 Å². The lowest BCUT2D eigenvalue weighted by molar-refractivity contribution is -0.141. The van der Waals surface area contributed by atoms with Gasteiger partial charge in [-0.25, -0.2) is 4.79 Å². The van der Waals surface area contributed by atoms with Gasteiger partial charge in [0.25, 0.3) is 0 Å². The highest BCUT2D eigenvalue weighted by molar-refractivity contribution is 5.86. The van der Waals surface area contributed by atoms with Crippen molar-refractivity contribution in [2.75, 3.05) is 26.2 Å². The molecule has 1 aromatic carbocycles. The second-order valence-electron chi connectivity index (χ2n) is 7.32. The fourth-order valence-corrected chi connectivity index (χ4v) is 3.87. The second kappa shape index (κ2) is 8.88. The van der Waals surface area contributed by atoms with E-state index in [9.17, 15) is 14.4 Å². The summed E-state index contributed by atoms with van der Waals surface area (Å²) in [5.41, 5.74) is 1.27. The molecule has 0 radical (unpaired) electrons. The Bertz CT molecular complexity index is 671. The molecule has 1 unspecified atom stereocenters. The van der Waals surface area contributed by atoms with Crippen molar-refractivity contribution in [2.45, 2.75) is 38.1 Å². The summed E-state index contributed by atoms with van der Waals surface area (Å²) in [5.74, 6) is -1.58. The topological polar surface area (TPSA) is 90.0 Å². The van der Waals surface area contributed by atoms with Crippen molar-refractivity contribution in [1.29, 1.82) is 0 Å². The average molecular weight is 373 g/mol. The van der Waals surface area contributed by atoms with Gasteiger partial charge in [0, 0.05) is 38.6 Å². The number of nitrogens with zero attached hydrogens (tertiary/aromatic N) is 2. The molecule has 27 heavy (non-hydrogen) atoms. The molecule has 2 saturated heterocycles. The van der Waals surface area contributed by atoms with E-state index in [-0.39, 0.29) is 24.4 Å². The fourth-order valence-electron chi connectivity index (χ4n) is 3.87. The highest BCUT2D eigenvalue weighted by Gasteiger charge is 2.39. The van der Waals surface area contributed by atoms with Crippen LogP contribution < -0.4 is 5.32 Å². The van der Waals surface area contributed by atoms with Gasteiger partial charge in [-0.2, -0.15) is 0 Å². The zero-order valence-corrected chi connectivity index (χ0v) is 15.5. The van der Waals surface area contributed by atoms with Gasteiger partial charge in [0.05, 0.1) is 5.92 Å². The number of aliphatic carboxylic acids is 1. The van der Waals surface area contributed by atoms with E-state index < -0.39 is 11.9 Å². The molecule has 2 N–H and O–H groups in total. The maximum absolute atomic E-state index is 12.3. The molecule has 1 atom stereocenters. The van der Waals surface area contributed by atoms with Crippen molar-refractivity contribution in [3.8, 4) is 0 Å². The molecule has 0 spiro atoms. The van der Waals surface area contributed by atoms with Crippen LogP contribution in [-0.2, 0) is 16.0 Å². The summed E-state index contributed by atoms with van der Waals surface area (Å²) in [6.45, 7) is 2.12. The van der Waals surface area contributed by atoms with E-state index in [2.05, 4.69) is 17.4 Å². The van der Waals surface area contributed by atoms with Crippen LogP contribution in [0.5, 0.6) is 0 Å². The predicted molar refractivity (Wildman–Crippen MR) is 100 cm³/mol. The zero-order chi connectivity index (χ0) is 19.2. The van der Waals surface area contributed by atoms with E-state index in [4.69, 9.17) is 5.11 Å². The molecule has 2 aliphatic rings. The van der Waals surface area contributed by atoms with Crippen molar-refractivity contribution in [2.24, 2.45) is 5.92 Å². The molecule has 146 valence electrons. The molecule has 7 heteroatoms. The van der Waals surface area contributed by atoms with Crippen LogP contribution in [0.3, 0.4) is 0 Å². The number of nitrogens with one attached hydrogen (secondary N) is 1. The monoisotopic (exact) mass is 373 g/mol. The summed E-state index contributed by atoms with van der Waals surface area (Å²) in [6, 6.07) is 10.2. The van der Waals surface area contributed by atoms with Gasteiger partial charge in [-0.05, 0) is 31.2 Å². The van der Waals surface area contributed by atoms with Crippen LogP contribution in [0.1, 0.15) is 31.2 Å². The Kier molecular flexibility index (Phi) is 6.32. The first-order chi connectivity index (χ1) is 13.0. The quantitative estimate of drug-likeness (QED) is 0.743. The van der Waals surface area contributed by atoms with Gasteiger partial charge in [0.1, 0.15) is 0 Å². The van der Waals surface area contributed by atoms with Crippen LogP contribution in [0.25, 0.3) is 0 Å². The van der Waals surface area contributed by atoms with Gasteiger partial charge < -0.3 is 20.2 Å². The maximum Gasteiger partial charge on any atom is 0.317 e. The number of rotatable bonds is 6. The van der Waals surface area contributed by atoms with E-state index in [1.807, 2.05) is 18.2 Å². The predicted octanol–water partition coefficient (Wildman–Crippen LogP) is 1.73. The van der Waals surface area contributed by atoms with E-state index in [0.717, 1.165) is 12.8 Å². The molecule has 2 heterocycles. The first-order valence-electron chi connectivity index (χ1n) is 9.63. The Morgan fingerprint density at radius 1 is 1.15 bits per heavy atom. The number of benzene rings is 1. The summed E-state index contributed by atoms with van der Waals surface area (Å²) < 4.78 is 0. The Morgan fingerprint density at radius 2 is 1.85 bits per heavy atom. The highest BCUT2D eigenvalue weighted by Crippen LogP contribution is 2.25. The number of urea groups is 1. The molecule has 0 saturated carbocycles. The molecular weight excluding hydrogens is 346 g/mol. The Morgan fingerprint density at radius 3 is 2.48 bits per heavy atom. The molecule has 2 fully saturated rings. The Hall–Kier alpha value is -2.57. The number of aryl methyl sites for hydroxylation is 1. The number of carbonyl (C=O) groups is 3. The lowest BCUT2D eigenvalue weighted by atomic mass is 10.0. The first-order valence-corrected chi connectivity index (χ1v) is 9.63. The fraction of sp³-hybridized carbons (Fsp3) is 0.550. The molecule has 0 aliphatic carbocycles. The number of carboxylic acid groups (broad SMARTS) is 1. The minimum Gasteiger partial charge on any atom is -0.481 e. The summed E-state index contributed by atoms with van der Waals surface area (Å²) >= 11 is 0. The van der Waals surface area contributed by atoms with Crippen LogP contribution >= 0.6 is 0 Å². The summed E-state index contributed by atoms with van der Waals surface area (Å²) in [6.07, 6.45) is 3.33. The molecule has 2 aliphatic heterocycles. The van der Waals surface area contributed by atoms with Crippen LogP contribution in [0.4, 0.5) is 4.79 Å². The molecule has 7 nitrogen and oxygen atoms in total. The third-order valence-corrected chi connectivity index (χ3v) is 5.46. The highest BCUT2D eigenvalue weighted by atomic mass is 16.4. The summed E-state index contributed by atoms with van der Waals surface area (Å²) in [5, 5.41) is 12.1. The molecule has 3 rings (SSSR count). The number of carboxylic acids is 1. The van der Waals surface area contributed by atoms with Crippen molar-refractivity contribution >= 4 is 17.9 Å². The van der Waals surface area contributed by atoms with Gasteiger partial charge >= 0.3 is 12.0 Å². The SMILES string of the molecule is O=C(O)C1CC(=O)N(C2CCN(C(=O)NCCCc3ccccc3)CC2)C1. The van der Waals surface area contributed by atoms with E-state index in [1.165, 1.54) is 5.56 Å². The zero-order valence-electron chi connectivity index (χ0n) is 15.5. The summed E-state index contributed by atoms with van der Waals surface area (Å²) in [7, 11) is 0. The van der Waals surface area contributed by atoms with E-state index >= 15 is 0 Å². The van der Waals surface area contributed by atoms with Crippen LogP contribution in [0.2, 0.25) is 0 Å². The Labute approximate surface area is 159 Å². The van der Waals surface area contributed by atoms with Gasteiger partial charge in [-0.15, -0.1) is 0 Å². The Balaban J connectivity index is 1.37. The number of carbonyl (C=O) groups excluding carboxylic acids is 2. The van der Waals surface area contributed by atoms with E-state index in [0.29, 0.717) is 39.0 Å². The van der Waals surface area contributed by atoms with Crippen LogP contribution in [0.15, 0.2) is 30.3 Å². The number of hydrogen-bond donors (Lipinski definition) is 2. The minimum absolute atomic E-state index is 0.0454. The van der Waals surface area contributed by atoms with Crippen molar-refractivity contribution in [3.63, 3.8) is 0 Å². The molecule has 3 amide bonds. The molecule has 1 aromatic rings. The van der Waals surface area contributed by atoms with Crippen LogP contribution in [0, 0.1) is 5.92 Å². The maximum atomic E-state index is 12.3. The van der Waals surface area contributed by atoms with Gasteiger partial charge in [0.2, 0.25) is 5.91 Å². The minimum atomic E-state index is -0.904. The number of piperidine rings is 1. The number of likely N-dealkylation sites (tertiary alicyclic amines) is 2. The lowest BCUT2D eigenvalue weighted by Gasteiger charge is -2.36. The lowest BCUT2D eigenvalue weighted by Crippen LogP contribution is -2.50. The normalized spacial score (nSPS) is 20.7. The van der Waals surface area contributed by atoms with Crippen molar-refractivity contribution in [3.05, 3.63) is 35.9 Å². The molecule has 0 bridgehead atoms. The van der Waals surface area contributed by atoms with Crippen molar-refractivity contribution in [1.82, 2.24) is 15.1 Å². The average Bonchev–Trinajstić information content (AvgIpc) is 3.08. The van der Waals surface area contributed by atoms with Gasteiger partial charge in [0.15, 0.2) is 0 Å². The smallest absolute Gasteiger partial charge is 0.317 e. The number of amides is 3. The van der Waals surface area contributed by atoms with Gasteiger partial charge in [-0.1, -0.05) is 30.3 Å². The first kappa shape index (κ1) is 19.2. The van der Waals surface area contributed by atoms with E-state index in [1.54, 1.807) is 9.80 Å². The largest absolute Gasteiger partial charge is 0.481 e. The second-order valence-corrected chi connectivity index (χ2v) is 7.32. The number of hydrogen-bond acceptors (Lipinski definition) is 3. The van der Waals surface area contributed by atoms with Crippen LogP contribution in [-0.4, -0.2) is 65.0 Å².